The van der Waals surface area contributed by atoms with E-state index in [1.54, 1.807) is 7.11 Å². The van der Waals surface area contributed by atoms with Crippen molar-refractivity contribution >= 4 is 29.0 Å². The third-order valence-corrected chi connectivity index (χ3v) is 4.00. The molecule has 4 nitrogen and oxygen atoms in total. The third kappa shape index (κ3) is 4.16. The van der Waals surface area contributed by atoms with Crippen molar-refractivity contribution in [1.29, 1.82) is 0 Å². The van der Waals surface area contributed by atoms with Crippen LogP contribution < -0.4 is 15.8 Å². The zero-order valence-electron chi connectivity index (χ0n) is 12.0. The minimum Gasteiger partial charge on any atom is -0.495 e. The SMILES string of the molecule is COc1ccccc1NC(=O)C(C)Sc1cccc(N)c1. The molecule has 3 N–H and O–H groups in total. The van der Waals surface area contributed by atoms with Gasteiger partial charge < -0.3 is 15.8 Å². The average molecular weight is 302 g/mol. The van der Waals surface area contributed by atoms with E-state index < -0.39 is 0 Å². The van der Waals surface area contributed by atoms with Crippen LogP contribution in [0.3, 0.4) is 0 Å². The number of carbonyl (C=O) groups excluding carboxylic acids is 1. The lowest BCUT2D eigenvalue weighted by Crippen LogP contribution is -2.22. The summed E-state index contributed by atoms with van der Waals surface area (Å²) in [7, 11) is 1.58. The van der Waals surface area contributed by atoms with Gasteiger partial charge in [-0.2, -0.15) is 0 Å². The lowest BCUT2D eigenvalue weighted by molar-refractivity contribution is -0.115. The van der Waals surface area contributed by atoms with Gasteiger partial charge in [0.2, 0.25) is 5.91 Å². The van der Waals surface area contributed by atoms with Gasteiger partial charge >= 0.3 is 0 Å². The van der Waals surface area contributed by atoms with Gasteiger partial charge in [0.25, 0.3) is 0 Å². The zero-order chi connectivity index (χ0) is 15.2. The monoisotopic (exact) mass is 302 g/mol. The lowest BCUT2D eigenvalue weighted by Gasteiger charge is -2.14. The van der Waals surface area contributed by atoms with Gasteiger partial charge in [-0.3, -0.25) is 4.79 Å². The van der Waals surface area contributed by atoms with Gasteiger partial charge in [-0.25, -0.2) is 0 Å². The number of anilines is 2. The minimum atomic E-state index is -0.239. The maximum Gasteiger partial charge on any atom is 0.237 e. The topological polar surface area (TPSA) is 64.3 Å². The molecule has 0 aliphatic heterocycles. The smallest absolute Gasteiger partial charge is 0.237 e. The number of thioether (sulfide) groups is 1. The van der Waals surface area contributed by atoms with E-state index in [9.17, 15) is 4.79 Å². The second-order valence-electron chi connectivity index (χ2n) is 4.52. The normalized spacial score (nSPS) is 11.7. The molecule has 0 aliphatic rings. The number of benzene rings is 2. The highest BCUT2D eigenvalue weighted by molar-refractivity contribution is 8.00. The number of nitrogens with two attached hydrogens (primary N) is 1. The molecule has 0 aromatic heterocycles. The van der Waals surface area contributed by atoms with E-state index in [4.69, 9.17) is 10.5 Å². The number of carbonyl (C=O) groups is 1. The Morgan fingerprint density at radius 1 is 1.24 bits per heavy atom. The zero-order valence-corrected chi connectivity index (χ0v) is 12.8. The molecule has 0 saturated carbocycles. The molecular formula is C16H18N2O2S. The van der Waals surface area contributed by atoms with Crippen LogP contribution in [0.1, 0.15) is 6.92 Å². The molecule has 0 heterocycles. The molecule has 0 radical (unpaired) electrons. The number of para-hydroxylation sites is 2. The summed E-state index contributed by atoms with van der Waals surface area (Å²) >= 11 is 1.47. The fourth-order valence-corrected chi connectivity index (χ4v) is 2.76. The molecule has 0 fully saturated rings. The number of nitrogen functional groups attached to an aromatic ring is 1. The fourth-order valence-electron chi connectivity index (χ4n) is 1.83. The van der Waals surface area contributed by atoms with Crippen molar-refractivity contribution in [1.82, 2.24) is 0 Å². The Morgan fingerprint density at radius 2 is 2.00 bits per heavy atom. The molecular weight excluding hydrogens is 284 g/mol. The number of nitrogens with one attached hydrogen (secondary N) is 1. The van der Waals surface area contributed by atoms with Crippen LogP contribution in [0.4, 0.5) is 11.4 Å². The number of rotatable bonds is 5. The fraction of sp³-hybridized carbons (Fsp3) is 0.188. The Morgan fingerprint density at radius 3 is 2.71 bits per heavy atom. The van der Waals surface area contributed by atoms with Crippen LogP contribution in [0.25, 0.3) is 0 Å². The molecule has 5 heteroatoms. The largest absolute Gasteiger partial charge is 0.495 e. The third-order valence-electron chi connectivity index (χ3n) is 2.91. The molecule has 1 amide bonds. The standard InChI is InChI=1S/C16H18N2O2S/c1-11(21-13-7-5-6-12(17)10-13)16(19)18-14-8-3-4-9-15(14)20-2/h3-11H,17H2,1-2H3,(H,18,19). The molecule has 1 unspecified atom stereocenters. The van der Waals surface area contributed by atoms with Crippen molar-refractivity contribution in [2.45, 2.75) is 17.1 Å². The lowest BCUT2D eigenvalue weighted by atomic mass is 10.3. The molecule has 2 aromatic rings. The molecule has 0 aliphatic carbocycles. The van der Waals surface area contributed by atoms with Crippen LogP contribution in [0, 0.1) is 0 Å². The summed E-state index contributed by atoms with van der Waals surface area (Å²) in [6.07, 6.45) is 0. The van der Waals surface area contributed by atoms with Crippen LogP contribution in [0.15, 0.2) is 53.4 Å². The first-order chi connectivity index (χ1) is 10.1. The van der Waals surface area contributed by atoms with Crippen molar-refractivity contribution in [2.75, 3.05) is 18.2 Å². The van der Waals surface area contributed by atoms with Crippen molar-refractivity contribution in [2.24, 2.45) is 0 Å². The van der Waals surface area contributed by atoms with Crippen molar-refractivity contribution in [3.8, 4) is 5.75 Å². The summed E-state index contributed by atoms with van der Waals surface area (Å²) in [6.45, 7) is 1.86. The Hall–Kier alpha value is -2.14. The van der Waals surface area contributed by atoms with Crippen LogP contribution in [0.2, 0.25) is 0 Å². The average Bonchev–Trinajstić information content (AvgIpc) is 2.47. The van der Waals surface area contributed by atoms with Crippen molar-refractivity contribution < 1.29 is 9.53 Å². The second-order valence-corrected chi connectivity index (χ2v) is 5.94. The quantitative estimate of drug-likeness (QED) is 0.656. The van der Waals surface area contributed by atoms with Crippen molar-refractivity contribution in [3.05, 3.63) is 48.5 Å². The highest BCUT2D eigenvalue weighted by Gasteiger charge is 2.16. The molecule has 0 saturated heterocycles. The molecule has 21 heavy (non-hydrogen) atoms. The Balaban J connectivity index is 2.02. The molecule has 110 valence electrons. The number of methoxy groups -OCH3 is 1. The molecule has 0 spiro atoms. The maximum absolute atomic E-state index is 12.3. The number of amides is 1. The van der Waals surface area contributed by atoms with E-state index in [0.717, 1.165) is 4.90 Å². The molecule has 2 rings (SSSR count). The van der Waals surface area contributed by atoms with Crippen molar-refractivity contribution in [3.63, 3.8) is 0 Å². The highest BCUT2D eigenvalue weighted by Crippen LogP contribution is 2.27. The van der Waals surface area contributed by atoms with Gasteiger partial charge in [0, 0.05) is 10.6 Å². The first-order valence-corrected chi connectivity index (χ1v) is 7.44. The predicted molar refractivity (Wildman–Crippen MR) is 87.8 cm³/mol. The van der Waals surface area contributed by atoms with Gasteiger partial charge in [-0.05, 0) is 37.3 Å². The Bertz CT molecular complexity index is 631. The van der Waals surface area contributed by atoms with E-state index in [0.29, 0.717) is 17.1 Å². The van der Waals surface area contributed by atoms with Gasteiger partial charge in [-0.1, -0.05) is 18.2 Å². The van der Waals surface area contributed by atoms with Crippen LogP contribution in [-0.2, 0) is 4.79 Å². The van der Waals surface area contributed by atoms with Gasteiger partial charge in [0.1, 0.15) is 5.75 Å². The van der Waals surface area contributed by atoms with Gasteiger partial charge in [0.05, 0.1) is 18.0 Å². The summed E-state index contributed by atoms with van der Waals surface area (Å²) in [4.78, 5) is 13.2. The van der Waals surface area contributed by atoms with E-state index in [2.05, 4.69) is 5.32 Å². The number of hydrogen-bond donors (Lipinski definition) is 2. The predicted octanol–water partition coefficient (Wildman–Crippen LogP) is 3.40. The minimum absolute atomic E-state index is 0.0769. The number of hydrogen-bond acceptors (Lipinski definition) is 4. The summed E-state index contributed by atoms with van der Waals surface area (Å²) in [5.74, 6) is 0.568. The van der Waals surface area contributed by atoms with E-state index in [1.165, 1.54) is 11.8 Å². The maximum atomic E-state index is 12.3. The first kappa shape index (κ1) is 15.3. The number of ether oxygens (including phenoxy) is 1. The Kier molecular flexibility index (Phi) is 5.11. The van der Waals surface area contributed by atoms with E-state index >= 15 is 0 Å². The van der Waals surface area contributed by atoms with Gasteiger partial charge in [0.15, 0.2) is 0 Å². The summed E-state index contributed by atoms with van der Waals surface area (Å²) < 4.78 is 5.22. The van der Waals surface area contributed by atoms with E-state index in [-0.39, 0.29) is 11.2 Å². The van der Waals surface area contributed by atoms with Crippen LogP contribution >= 0.6 is 11.8 Å². The molecule has 2 aromatic carbocycles. The van der Waals surface area contributed by atoms with Crippen LogP contribution in [-0.4, -0.2) is 18.3 Å². The summed E-state index contributed by atoms with van der Waals surface area (Å²) in [6, 6.07) is 14.8. The molecule has 1 atom stereocenters. The van der Waals surface area contributed by atoms with Crippen LogP contribution in [0.5, 0.6) is 5.75 Å². The summed E-state index contributed by atoms with van der Waals surface area (Å²) in [5.41, 5.74) is 7.10. The van der Waals surface area contributed by atoms with E-state index in [1.807, 2.05) is 55.5 Å². The molecule has 0 bridgehead atoms. The summed E-state index contributed by atoms with van der Waals surface area (Å²) in [5, 5.41) is 2.64. The second kappa shape index (κ2) is 7.04. The Labute approximate surface area is 128 Å². The van der Waals surface area contributed by atoms with Gasteiger partial charge in [-0.15, -0.1) is 11.8 Å². The highest BCUT2D eigenvalue weighted by atomic mass is 32.2. The first-order valence-electron chi connectivity index (χ1n) is 6.56.